The van der Waals surface area contributed by atoms with E-state index in [0.717, 1.165) is 6.08 Å². The van der Waals surface area contributed by atoms with Crippen molar-refractivity contribution in [3.8, 4) is 0 Å². The van der Waals surface area contributed by atoms with Crippen LogP contribution < -0.4 is 0 Å². The van der Waals surface area contributed by atoms with Gasteiger partial charge in [0.15, 0.2) is 5.54 Å². The molecule has 0 radical (unpaired) electrons. The summed E-state index contributed by atoms with van der Waals surface area (Å²) in [6.07, 6.45) is 4.05. The minimum Gasteiger partial charge on any atom is -0.464 e. The van der Waals surface area contributed by atoms with E-state index in [1.54, 1.807) is 38.1 Å². The molecule has 1 amide bonds. The number of hydrogen-bond acceptors (Lipinski definition) is 5. The van der Waals surface area contributed by atoms with Crippen LogP contribution in [0.25, 0.3) is 0 Å². The lowest BCUT2D eigenvalue weighted by atomic mass is 9.88. The van der Waals surface area contributed by atoms with Crippen molar-refractivity contribution in [3.63, 3.8) is 0 Å². The van der Waals surface area contributed by atoms with Gasteiger partial charge in [0.05, 0.1) is 13.2 Å². The van der Waals surface area contributed by atoms with E-state index in [9.17, 15) is 14.4 Å². The molecular weight excluding hydrogens is 322 g/mol. The van der Waals surface area contributed by atoms with Crippen LogP contribution in [0.4, 0.5) is 0 Å². The second-order valence-electron chi connectivity index (χ2n) is 5.32. The van der Waals surface area contributed by atoms with Crippen molar-refractivity contribution in [1.82, 2.24) is 4.90 Å². The first-order valence-corrected chi connectivity index (χ1v) is 8.08. The van der Waals surface area contributed by atoms with Gasteiger partial charge in [0.1, 0.15) is 0 Å². The molecule has 0 aliphatic carbocycles. The highest BCUT2D eigenvalue weighted by atomic mass is 16.5. The number of hydrogen-bond donors (Lipinski definition) is 0. The Bertz CT molecular complexity index is 724. The van der Waals surface area contributed by atoms with Crippen LogP contribution in [-0.2, 0) is 24.6 Å². The van der Waals surface area contributed by atoms with E-state index in [1.165, 1.54) is 17.1 Å². The zero-order chi connectivity index (χ0) is 18.4. The molecule has 0 saturated heterocycles. The Morgan fingerprint density at radius 3 is 2.52 bits per heavy atom. The standard InChI is InChI=1S/C19H21NO5/c1-4-13-20-17(22)14-9-7-8-10-15(14)19(20,18(23)25-6-3)12-11-16(21)24-5-2/h4,7-12H,1,5-6,13H2,2-3H3/b12-11+. The molecule has 1 aliphatic rings. The Hall–Kier alpha value is -2.89. The Labute approximate surface area is 146 Å². The van der Waals surface area contributed by atoms with E-state index in [0.29, 0.717) is 11.1 Å². The maximum absolute atomic E-state index is 12.9. The van der Waals surface area contributed by atoms with Gasteiger partial charge in [-0.25, -0.2) is 9.59 Å². The highest BCUT2D eigenvalue weighted by Gasteiger charge is 2.54. The summed E-state index contributed by atoms with van der Waals surface area (Å²) in [6.45, 7) is 7.50. The fourth-order valence-corrected chi connectivity index (χ4v) is 2.90. The fraction of sp³-hybridized carbons (Fsp3) is 0.316. The lowest BCUT2D eigenvalue weighted by Gasteiger charge is -2.33. The van der Waals surface area contributed by atoms with Gasteiger partial charge in [0, 0.05) is 23.7 Å². The van der Waals surface area contributed by atoms with Crippen molar-refractivity contribution < 1.29 is 23.9 Å². The van der Waals surface area contributed by atoms with E-state index in [2.05, 4.69) is 6.58 Å². The third kappa shape index (κ3) is 3.20. The van der Waals surface area contributed by atoms with Gasteiger partial charge in [-0.3, -0.25) is 4.79 Å². The van der Waals surface area contributed by atoms with Gasteiger partial charge in [-0.1, -0.05) is 24.3 Å². The van der Waals surface area contributed by atoms with Crippen LogP contribution in [0.3, 0.4) is 0 Å². The van der Waals surface area contributed by atoms with E-state index in [1.807, 2.05) is 0 Å². The number of amides is 1. The Morgan fingerprint density at radius 1 is 1.20 bits per heavy atom. The summed E-state index contributed by atoms with van der Waals surface area (Å²) in [4.78, 5) is 38.8. The van der Waals surface area contributed by atoms with Crippen molar-refractivity contribution >= 4 is 17.8 Å². The van der Waals surface area contributed by atoms with Crippen molar-refractivity contribution in [2.24, 2.45) is 0 Å². The molecule has 1 aromatic rings. The van der Waals surface area contributed by atoms with E-state index in [4.69, 9.17) is 9.47 Å². The number of esters is 2. The van der Waals surface area contributed by atoms with Gasteiger partial charge < -0.3 is 14.4 Å². The summed E-state index contributed by atoms with van der Waals surface area (Å²) in [5, 5.41) is 0. The first kappa shape index (κ1) is 18.4. The predicted octanol–water partition coefficient (Wildman–Crippen LogP) is 2.21. The van der Waals surface area contributed by atoms with Crippen LogP contribution in [0.1, 0.15) is 29.8 Å². The molecule has 6 heteroatoms. The van der Waals surface area contributed by atoms with Crippen LogP contribution in [0.5, 0.6) is 0 Å². The zero-order valence-corrected chi connectivity index (χ0v) is 14.4. The Balaban J connectivity index is 2.65. The second kappa shape index (κ2) is 7.79. The summed E-state index contributed by atoms with van der Waals surface area (Å²) in [6, 6.07) is 6.78. The van der Waals surface area contributed by atoms with Gasteiger partial charge in [0.25, 0.3) is 5.91 Å². The van der Waals surface area contributed by atoms with E-state index < -0.39 is 17.5 Å². The summed E-state index contributed by atoms with van der Waals surface area (Å²) in [5.41, 5.74) is -0.656. The molecule has 0 saturated carbocycles. The largest absolute Gasteiger partial charge is 0.464 e. The average molecular weight is 343 g/mol. The molecule has 6 nitrogen and oxygen atoms in total. The third-order valence-corrected chi connectivity index (χ3v) is 3.88. The maximum Gasteiger partial charge on any atom is 0.340 e. The molecule has 25 heavy (non-hydrogen) atoms. The number of carbonyl (C=O) groups excluding carboxylic acids is 3. The normalized spacial score (nSPS) is 19.0. The van der Waals surface area contributed by atoms with Crippen LogP contribution in [0.15, 0.2) is 49.1 Å². The minimum atomic E-state index is -1.52. The molecule has 0 bridgehead atoms. The number of benzene rings is 1. The molecular formula is C19H21NO5. The number of carbonyl (C=O) groups is 3. The van der Waals surface area contributed by atoms with Gasteiger partial charge in [-0.2, -0.15) is 0 Å². The molecule has 0 N–H and O–H groups in total. The SMILES string of the molecule is C=CCN1C(=O)c2ccccc2C1(/C=C/C(=O)OCC)C(=O)OCC. The van der Waals surface area contributed by atoms with E-state index in [-0.39, 0.29) is 25.7 Å². The van der Waals surface area contributed by atoms with Crippen LogP contribution in [0.2, 0.25) is 0 Å². The van der Waals surface area contributed by atoms with Gasteiger partial charge >= 0.3 is 11.9 Å². The molecule has 2 rings (SSSR count). The highest BCUT2D eigenvalue weighted by molar-refractivity contribution is 6.07. The highest BCUT2D eigenvalue weighted by Crippen LogP contribution is 2.41. The molecule has 1 heterocycles. The molecule has 1 unspecified atom stereocenters. The number of nitrogens with zero attached hydrogens (tertiary/aromatic N) is 1. The zero-order valence-electron chi connectivity index (χ0n) is 14.4. The maximum atomic E-state index is 12.9. The molecule has 0 aromatic heterocycles. The molecule has 1 aliphatic heterocycles. The first-order valence-electron chi connectivity index (χ1n) is 8.08. The average Bonchev–Trinajstić information content (AvgIpc) is 2.84. The molecule has 132 valence electrons. The summed E-state index contributed by atoms with van der Waals surface area (Å²) < 4.78 is 10.1. The second-order valence-corrected chi connectivity index (χ2v) is 5.32. The van der Waals surface area contributed by atoms with Gasteiger partial charge in [-0.05, 0) is 26.0 Å². The van der Waals surface area contributed by atoms with Gasteiger partial charge in [-0.15, -0.1) is 6.58 Å². The number of rotatable bonds is 7. The fourth-order valence-electron chi connectivity index (χ4n) is 2.90. The van der Waals surface area contributed by atoms with Crippen molar-refractivity contribution in [1.29, 1.82) is 0 Å². The van der Waals surface area contributed by atoms with Crippen molar-refractivity contribution in [2.75, 3.05) is 19.8 Å². The quantitative estimate of drug-likeness (QED) is 0.431. The summed E-state index contributed by atoms with van der Waals surface area (Å²) >= 11 is 0. The summed E-state index contributed by atoms with van der Waals surface area (Å²) in [7, 11) is 0. The van der Waals surface area contributed by atoms with Crippen LogP contribution in [0, 0.1) is 0 Å². The summed E-state index contributed by atoms with van der Waals surface area (Å²) in [5.74, 6) is -1.55. The number of fused-ring (bicyclic) bond motifs is 1. The number of ether oxygens (including phenoxy) is 2. The predicted molar refractivity (Wildman–Crippen MR) is 91.8 cm³/mol. The van der Waals surface area contributed by atoms with Crippen LogP contribution in [-0.4, -0.2) is 42.5 Å². The van der Waals surface area contributed by atoms with Crippen molar-refractivity contribution in [3.05, 3.63) is 60.2 Å². The lowest BCUT2D eigenvalue weighted by molar-refractivity contribution is -0.153. The monoisotopic (exact) mass is 343 g/mol. The molecule has 1 aromatic carbocycles. The third-order valence-electron chi connectivity index (χ3n) is 3.88. The molecule has 0 fully saturated rings. The van der Waals surface area contributed by atoms with Crippen molar-refractivity contribution in [2.45, 2.75) is 19.4 Å². The van der Waals surface area contributed by atoms with Crippen LogP contribution >= 0.6 is 0 Å². The van der Waals surface area contributed by atoms with Gasteiger partial charge in [0.2, 0.25) is 0 Å². The Morgan fingerprint density at radius 2 is 1.88 bits per heavy atom. The topological polar surface area (TPSA) is 72.9 Å². The smallest absolute Gasteiger partial charge is 0.340 e. The minimum absolute atomic E-state index is 0.124. The van der Waals surface area contributed by atoms with E-state index >= 15 is 0 Å². The first-order chi connectivity index (χ1) is 12.0. The molecule has 1 atom stereocenters. The molecule has 0 spiro atoms. The lowest BCUT2D eigenvalue weighted by Crippen LogP contribution is -2.49. The Kier molecular flexibility index (Phi) is 5.75.